The lowest BCUT2D eigenvalue weighted by molar-refractivity contribution is -0.123. The smallest absolute Gasteiger partial charge is 0.237 e. The lowest BCUT2D eigenvalue weighted by Crippen LogP contribution is -2.46. The second-order valence-electron chi connectivity index (χ2n) is 5.92. The van der Waals surface area contributed by atoms with Gasteiger partial charge in [-0.25, -0.2) is 0 Å². The van der Waals surface area contributed by atoms with Gasteiger partial charge in [0.25, 0.3) is 0 Å². The normalized spacial score (nSPS) is 18.3. The summed E-state index contributed by atoms with van der Waals surface area (Å²) in [6.07, 6.45) is 3.09. The van der Waals surface area contributed by atoms with Crippen molar-refractivity contribution >= 4 is 29.9 Å². The van der Waals surface area contributed by atoms with Crippen LogP contribution in [0, 0.1) is 5.92 Å². The van der Waals surface area contributed by atoms with Crippen molar-refractivity contribution in [3.05, 3.63) is 34.9 Å². The summed E-state index contributed by atoms with van der Waals surface area (Å²) in [6.45, 7) is 4.70. The van der Waals surface area contributed by atoms with E-state index in [1.807, 2.05) is 32.0 Å². The zero-order valence-electron chi connectivity index (χ0n) is 12.6. The van der Waals surface area contributed by atoms with E-state index in [1.54, 1.807) is 0 Å². The van der Waals surface area contributed by atoms with E-state index >= 15 is 0 Å². The van der Waals surface area contributed by atoms with Gasteiger partial charge in [-0.05, 0) is 36.5 Å². The minimum atomic E-state index is -0.421. The minimum Gasteiger partial charge on any atom is -0.354 e. The largest absolute Gasteiger partial charge is 0.354 e. The maximum absolute atomic E-state index is 12.1. The molecule has 0 spiro atoms. The Morgan fingerprint density at radius 2 is 2.14 bits per heavy atom. The topological polar surface area (TPSA) is 55.1 Å². The standard InChI is InChI=1S/C16H23ClN2O.ClH/c1-3-11(2)14(18)15(20)19-10-16(7-8-16)12-5-4-6-13(17)9-12;/h4-6,9,11,14H,3,7-8,10,18H2,1-2H3,(H,19,20);1H. The summed E-state index contributed by atoms with van der Waals surface area (Å²) in [5, 5.41) is 3.76. The van der Waals surface area contributed by atoms with Gasteiger partial charge in [0.05, 0.1) is 6.04 Å². The molecule has 5 heteroatoms. The second-order valence-corrected chi connectivity index (χ2v) is 6.36. The summed E-state index contributed by atoms with van der Waals surface area (Å²) < 4.78 is 0. The minimum absolute atomic E-state index is 0. The van der Waals surface area contributed by atoms with Gasteiger partial charge >= 0.3 is 0 Å². The molecule has 3 nitrogen and oxygen atoms in total. The van der Waals surface area contributed by atoms with Gasteiger partial charge in [-0.2, -0.15) is 0 Å². The van der Waals surface area contributed by atoms with Crippen molar-refractivity contribution in [3.63, 3.8) is 0 Å². The Balaban J connectivity index is 0.00000220. The van der Waals surface area contributed by atoms with Crippen LogP contribution in [0.25, 0.3) is 0 Å². The first-order valence-electron chi connectivity index (χ1n) is 7.28. The van der Waals surface area contributed by atoms with E-state index < -0.39 is 6.04 Å². The number of halogens is 2. The first-order valence-corrected chi connectivity index (χ1v) is 7.65. The molecule has 1 aromatic rings. The van der Waals surface area contributed by atoms with Crippen LogP contribution < -0.4 is 11.1 Å². The van der Waals surface area contributed by atoms with Crippen LogP contribution >= 0.6 is 24.0 Å². The molecule has 0 heterocycles. The lowest BCUT2D eigenvalue weighted by Gasteiger charge is -2.21. The number of nitrogens with one attached hydrogen (secondary N) is 1. The molecular formula is C16H24Cl2N2O. The van der Waals surface area contributed by atoms with Crippen molar-refractivity contribution in [2.45, 2.75) is 44.6 Å². The van der Waals surface area contributed by atoms with Crippen LogP contribution in [0.1, 0.15) is 38.7 Å². The molecule has 1 aliphatic rings. The molecule has 0 radical (unpaired) electrons. The Kier molecular flexibility index (Phi) is 6.51. The van der Waals surface area contributed by atoms with E-state index in [2.05, 4.69) is 11.4 Å². The van der Waals surface area contributed by atoms with Crippen LogP contribution in [0.4, 0.5) is 0 Å². The molecule has 0 aliphatic heterocycles. The lowest BCUT2D eigenvalue weighted by atomic mass is 9.95. The molecule has 0 saturated heterocycles. The Morgan fingerprint density at radius 3 is 2.67 bits per heavy atom. The Bertz CT molecular complexity index is 489. The quantitative estimate of drug-likeness (QED) is 0.840. The number of amides is 1. The monoisotopic (exact) mass is 330 g/mol. The first-order chi connectivity index (χ1) is 9.48. The Labute approximate surface area is 138 Å². The average Bonchev–Trinajstić information content (AvgIpc) is 3.24. The van der Waals surface area contributed by atoms with E-state index in [1.165, 1.54) is 5.56 Å². The molecule has 1 amide bonds. The Hall–Kier alpha value is -0.770. The highest BCUT2D eigenvalue weighted by Crippen LogP contribution is 2.48. The molecule has 21 heavy (non-hydrogen) atoms. The van der Waals surface area contributed by atoms with Gasteiger partial charge in [-0.3, -0.25) is 4.79 Å². The van der Waals surface area contributed by atoms with Gasteiger partial charge in [0.15, 0.2) is 0 Å². The molecule has 0 aromatic heterocycles. The summed E-state index contributed by atoms with van der Waals surface area (Å²) >= 11 is 6.04. The highest BCUT2D eigenvalue weighted by Gasteiger charge is 2.44. The summed E-state index contributed by atoms with van der Waals surface area (Å²) in [6, 6.07) is 7.49. The number of nitrogens with two attached hydrogens (primary N) is 1. The van der Waals surface area contributed by atoms with E-state index in [0.29, 0.717) is 6.54 Å². The summed E-state index contributed by atoms with van der Waals surface area (Å²) in [5.41, 5.74) is 7.23. The fourth-order valence-corrected chi connectivity index (χ4v) is 2.61. The Morgan fingerprint density at radius 1 is 1.48 bits per heavy atom. The van der Waals surface area contributed by atoms with Crippen LogP contribution in [0.2, 0.25) is 5.02 Å². The van der Waals surface area contributed by atoms with Crippen LogP contribution in [-0.4, -0.2) is 18.5 Å². The number of benzene rings is 1. The zero-order valence-corrected chi connectivity index (χ0v) is 14.1. The van der Waals surface area contributed by atoms with E-state index in [4.69, 9.17) is 17.3 Å². The van der Waals surface area contributed by atoms with Gasteiger partial charge in [-0.15, -0.1) is 12.4 Å². The van der Waals surface area contributed by atoms with Crippen LogP contribution in [-0.2, 0) is 10.2 Å². The number of rotatable bonds is 6. The van der Waals surface area contributed by atoms with Gasteiger partial charge in [0.1, 0.15) is 0 Å². The summed E-state index contributed by atoms with van der Waals surface area (Å²) in [7, 11) is 0. The van der Waals surface area contributed by atoms with E-state index in [0.717, 1.165) is 24.3 Å². The first kappa shape index (κ1) is 18.3. The average molecular weight is 331 g/mol. The maximum atomic E-state index is 12.1. The van der Waals surface area contributed by atoms with Crippen molar-refractivity contribution in [3.8, 4) is 0 Å². The zero-order chi connectivity index (χ0) is 14.8. The number of carbonyl (C=O) groups excluding carboxylic acids is 1. The molecule has 1 aliphatic carbocycles. The van der Waals surface area contributed by atoms with Crippen LogP contribution in [0.15, 0.2) is 24.3 Å². The fourth-order valence-electron chi connectivity index (χ4n) is 2.42. The van der Waals surface area contributed by atoms with Crippen molar-refractivity contribution in [2.24, 2.45) is 11.7 Å². The van der Waals surface area contributed by atoms with Crippen molar-refractivity contribution in [2.75, 3.05) is 6.54 Å². The molecular weight excluding hydrogens is 307 g/mol. The molecule has 2 unspecified atom stereocenters. The van der Waals surface area contributed by atoms with Crippen LogP contribution in [0.5, 0.6) is 0 Å². The third-order valence-electron chi connectivity index (χ3n) is 4.45. The van der Waals surface area contributed by atoms with Crippen molar-refractivity contribution in [1.29, 1.82) is 0 Å². The third kappa shape index (κ3) is 4.35. The second kappa shape index (κ2) is 7.48. The molecule has 1 fully saturated rings. The van der Waals surface area contributed by atoms with Gasteiger partial charge in [0.2, 0.25) is 5.91 Å². The van der Waals surface area contributed by atoms with Crippen LogP contribution in [0.3, 0.4) is 0 Å². The van der Waals surface area contributed by atoms with Crippen molar-refractivity contribution in [1.82, 2.24) is 5.32 Å². The fraction of sp³-hybridized carbons (Fsp3) is 0.562. The van der Waals surface area contributed by atoms with Crippen molar-refractivity contribution < 1.29 is 4.79 Å². The van der Waals surface area contributed by atoms with Gasteiger partial charge in [-0.1, -0.05) is 44.0 Å². The number of hydrogen-bond acceptors (Lipinski definition) is 2. The summed E-state index contributed by atoms with van der Waals surface area (Å²) in [4.78, 5) is 12.1. The SMILES string of the molecule is CCC(C)C(N)C(=O)NCC1(c2cccc(Cl)c2)CC1.Cl. The van der Waals surface area contributed by atoms with E-state index in [9.17, 15) is 4.79 Å². The highest BCUT2D eigenvalue weighted by atomic mass is 35.5. The molecule has 2 rings (SSSR count). The third-order valence-corrected chi connectivity index (χ3v) is 4.69. The molecule has 2 atom stereocenters. The van der Waals surface area contributed by atoms with Gasteiger partial charge in [0, 0.05) is 17.0 Å². The molecule has 118 valence electrons. The summed E-state index contributed by atoms with van der Waals surface area (Å²) in [5.74, 6) is 0.156. The predicted molar refractivity (Wildman–Crippen MR) is 90.1 cm³/mol. The highest BCUT2D eigenvalue weighted by molar-refractivity contribution is 6.30. The molecule has 1 saturated carbocycles. The van der Waals surface area contributed by atoms with Gasteiger partial charge < -0.3 is 11.1 Å². The number of hydrogen-bond donors (Lipinski definition) is 2. The molecule has 0 bridgehead atoms. The van der Waals surface area contributed by atoms with E-state index in [-0.39, 0.29) is 29.6 Å². The number of carbonyl (C=O) groups is 1. The predicted octanol–water partition coefficient (Wildman–Crippen LogP) is 3.28. The molecule has 3 N–H and O–H groups in total. The maximum Gasteiger partial charge on any atom is 0.237 e. The molecule has 1 aromatic carbocycles.